The Balaban J connectivity index is 3.04. The van der Waals surface area contributed by atoms with E-state index in [1.807, 2.05) is 0 Å². The van der Waals surface area contributed by atoms with E-state index >= 15 is 0 Å². The highest BCUT2D eigenvalue weighted by Gasteiger charge is 2.22. The van der Waals surface area contributed by atoms with Crippen molar-refractivity contribution < 1.29 is 14.6 Å². The molecule has 1 unspecified atom stereocenters. The molecule has 0 saturated heterocycles. The first-order valence-corrected chi connectivity index (χ1v) is 3.82. The van der Waals surface area contributed by atoms with Crippen LogP contribution in [0.3, 0.4) is 0 Å². The molecule has 0 radical (unpaired) electrons. The van der Waals surface area contributed by atoms with E-state index in [4.69, 9.17) is 9.84 Å². The lowest BCUT2D eigenvalue weighted by atomic mass is 10.1. The Kier molecular flexibility index (Phi) is 2.67. The van der Waals surface area contributed by atoms with Crippen molar-refractivity contribution in [3.05, 3.63) is 17.5 Å². The lowest BCUT2D eigenvalue weighted by Gasteiger charge is -2.08. The summed E-state index contributed by atoms with van der Waals surface area (Å²) in [4.78, 5) is 10.7. The number of nitrogens with zero attached hydrogens (tertiary/aromatic N) is 2. The molecule has 0 fully saturated rings. The zero-order valence-corrected chi connectivity index (χ0v) is 7.81. The van der Waals surface area contributed by atoms with Crippen LogP contribution in [-0.4, -0.2) is 28.0 Å². The van der Waals surface area contributed by atoms with E-state index in [-0.39, 0.29) is 0 Å². The molecular weight excluding hydrogens is 172 g/mol. The number of aryl methyl sites for hydroxylation is 2. The minimum absolute atomic E-state index is 0.595. The van der Waals surface area contributed by atoms with Gasteiger partial charge in [-0.3, -0.25) is 4.68 Å². The Morgan fingerprint density at radius 2 is 2.38 bits per heavy atom. The maximum Gasteiger partial charge on any atom is 0.337 e. The minimum atomic E-state index is -1.00. The molecule has 1 N–H and O–H groups in total. The number of aromatic nitrogens is 2. The normalized spacial score (nSPS) is 12.8. The molecule has 5 heteroatoms. The predicted octanol–water partition coefficient (Wildman–Crippen LogP) is 0.501. The van der Waals surface area contributed by atoms with Gasteiger partial charge in [-0.05, 0) is 6.92 Å². The lowest BCUT2D eigenvalue weighted by molar-refractivity contribution is -0.148. The summed E-state index contributed by atoms with van der Waals surface area (Å²) in [5.74, 6) is -1.00. The third kappa shape index (κ3) is 1.86. The van der Waals surface area contributed by atoms with Gasteiger partial charge in [-0.2, -0.15) is 5.10 Å². The van der Waals surface area contributed by atoms with E-state index < -0.39 is 12.1 Å². The predicted molar refractivity (Wildman–Crippen MR) is 45.3 cm³/mol. The summed E-state index contributed by atoms with van der Waals surface area (Å²) in [5.41, 5.74) is 1.27. The van der Waals surface area contributed by atoms with E-state index in [1.54, 1.807) is 24.9 Å². The maximum atomic E-state index is 10.7. The number of methoxy groups -OCH3 is 1. The molecule has 5 nitrogen and oxygen atoms in total. The van der Waals surface area contributed by atoms with Gasteiger partial charge in [0.1, 0.15) is 0 Å². The van der Waals surface area contributed by atoms with Crippen LogP contribution in [0.25, 0.3) is 0 Å². The Labute approximate surface area is 75.9 Å². The lowest BCUT2D eigenvalue weighted by Crippen LogP contribution is -2.13. The van der Waals surface area contributed by atoms with Crippen molar-refractivity contribution in [2.45, 2.75) is 13.0 Å². The number of ether oxygens (including phenoxy) is 1. The van der Waals surface area contributed by atoms with Crippen molar-refractivity contribution in [1.82, 2.24) is 9.78 Å². The molecule has 13 heavy (non-hydrogen) atoms. The average molecular weight is 184 g/mol. The molecule has 0 aromatic carbocycles. The van der Waals surface area contributed by atoms with Gasteiger partial charge >= 0.3 is 5.97 Å². The van der Waals surface area contributed by atoms with Crippen molar-refractivity contribution in [2.75, 3.05) is 7.11 Å². The minimum Gasteiger partial charge on any atom is -0.479 e. The first-order valence-electron chi connectivity index (χ1n) is 3.82. The second-order valence-corrected chi connectivity index (χ2v) is 2.80. The zero-order chi connectivity index (χ0) is 10.0. The number of aliphatic carboxylic acids is 1. The number of carbonyl (C=O) groups is 1. The van der Waals surface area contributed by atoms with Gasteiger partial charge < -0.3 is 9.84 Å². The van der Waals surface area contributed by atoms with Crippen LogP contribution in [0.5, 0.6) is 0 Å². The number of rotatable bonds is 3. The fraction of sp³-hybridized carbons (Fsp3) is 0.500. The van der Waals surface area contributed by atoms with E-state index in [9.17, 15) is 4.79 Å². The molecule has 72 valence electrons. The van der Waals surface area contributed by atoms with Crippen LogP contribution in [0.2, 0.25) is 0 Å². The Morgan fingerprint density at radius 3 is 2.69 bits per heavy atom. The highest BCUT2D eigenvalue weighted by molar-refractivity contribution is 5.74. The maximum absolute atomic E-state index is 10.7. The van der Waals surface area contributed by atoms with E-state index in [0.29, 0.717) is 11.3 Å². The Morgan fingerprint density at radius 1 is 1.77 bits per heavy atom. The van der Waals surface area contributed by atoms with Gasteiger partial charge in [0.15, 0.2) is 6.10 Å². The average Bonchev–Trinajstić information content (AvgIpc) is 2.31. The summed E-state index contributed by atoms with van der Waals surface area (Å²) in [6.07, 6.45) is 0.728. The molecule has 0 amide bonds. The summed E-state index contributed by atoms with van der Waals surface area (Å²) in [6, 6.07) is 0. The van der Waals surface area contributed by atoms with Gasteiger partial charge in [-0.15, -0.1) is 0 Å². The van der Waals surface area contributed by atoms with Crippen LogP contribution in [0.15, 0.2) is 6.20 Å². The highest BCUT2D eigenvalue weighted by atomic mass is 16.5. The van der Waals surface area contributed by atoms with Gasteiger partial charge in [-0.25, -0.2) is 4.79 Å². The van der Waals surface area contributed by atoms with Crippen LogP contribution in [0.4, 0.5) is 0 Å². The van der Waals surface area contributed by atoms with Crippen molar-refractivity contribution >= 4 is 5.97 Å². The molecule has 0 bridgehead atoms. The van der Waals surface area contributed by atoms with Gasteiger partial charge in [0.2, 0.25) is 0 Å². The second kappa shape index (κ2) is 3.57. The highest BCUT2D eigenvalue weighted by Crippen LogP contribution is 2.19. The van der Waals surface area contributed by atoms with Gasteiger partial charge in [0.05, 0.1) is 5.69 Å². The topological polar surface area (TPSA) is 64.3 Å². The number of hydrogen-bond donors (Lipinski definition) is 1. The van der Waals surface area contributed by atoms with E-state index in [1.165, 1.54) is 7.11 Å². The number of carboxylic acid groups (broad SMARTS) is 1. The van der Waals surface area contributed by atoms with Crippen LogP contribution in [0.1, 0.15) is 17.4 Å². The van der Waals surface area contributed by atoms with Crippen molar-refractivity contribution in [2.24, 2.45) is 7.05 Å². The largest absolute Gasteiger partial charge is 0.479 e. The molecule has 0 aliphatic carbocycles. The molecule has 0 aliphatic rings. The Bertz CT molecular complexity index is 319. The quantitative estimate of drug-likeness (QED) is 0.743. The van der Waals surface area contributed by atoms with Crippen LogP contribution in [0, 0.1) is 6.92 Å². The summed E-state index contributed by atoms with van der Waals surface area (Å²) in [5, 5.41) is 12.8. The summed E-state index contributed by atoms with van der Waals surface area (Å²) >= 11 is 0. The molecule has 0 aliphatic heterocycles. The third-order valence-corrected chi connectivity index (χ3v) is 1.79. The van der Waals surface area contributed by atoms with Crippen molar-refractivity contribution in [1.29, 1.82) is 0 Å². The first-order chi connectivity index (χ1) is 6.06. The van der Waals surface area contributed by atoms with Gasteiger partial charge in [0.25, 0.3) is 0 Å². The molecule has 1 aromatic heterocycles. The van der Waals surface area contributed by atoms with Crippen molar-refractivity contribution in [3.63, 3.8) is 0 Å². The third-order valence-electron chi connectivity index (χ3n) is 1.79. The molecule has 1 heterocycles. The fourth-order valence-corrected chi connectivity index (χ4v) is 1.24. The zero-order valence-electron chi connectivity index (χ0n) is 7.81. The smallest absolute Gasteiger partial charge is 0.337 e. The SMILES string of the molecule is COC(C(=O)O)c1cn(C)nc1C. The molecule has 1 rings (SSSR count). The molecular formula is C8H12N2O3. The second-order valence-electron chi connectivity index (χ2n) is 2.80. The van der Waals surface area contributed by atoms with Crippen molar-refractivity contribution in [3.8, 4) is 0 Å². The monoisotopic (exact) mass is 184 g/mol. The van der Waals surface area contributed by atoms with Gasteiger partial charge in [-0.1, -0.05) is 0 Å². The summed E-state index contributed by atoms with van der Waals surface area (Å²) in [7, 11) is 3.11. The van der Waals surface area contributed by atoms with Crippen LogP contribution < -0.4 is 0 Å². The first kappa shape index (κ1) is 9.73. The molecule has 1 atom stereocenters. The Hall–Kier alpha value is -1.36. The summed E-state index contributed by atoms with van der Waals surface area (Å²) < 4.78 is 6.41. The summed E-state index contributed by atoms with van der Waals surface area (Å²) in [6.45, 7) is 1.75. The van der Waals surface area contributed by atoms with E-state index in [2.05, 4.69) is 5.10 Å². The van der Waals surface area contributed by atoms with Gasteiger partial charge in [0, 0.05) is 25.9 Å². The molecule has 0 spiro atoms. The molecule has 0 saturated carbocycles. The van der Waals surface area contributed by atoms with E-state index in [0.717, 1.165) is 0 Å². The molecule has 1 aromatic rings. The van der Waals surface area contributed by atoms with Crippen LogP contribution in [-0.2, 0) is 16.6 Å². The fourth-order valence-electron chi connectivity index (χ4n) is 1.24. The standard InChI is InChI=1S/C8H12N2O3/c1-5-6(4-10(2)9-5)7(13-3)8(11)12/h4,7H,1-3H3,(H,11,12). The number of carboxylic acids is 1. The van der Waals surface area contributed by atoms with Crippen LogP contribution >= 0.6 is 0 Å². The number of hydrogen-bond acceptors (Lipinski definition) is 3.